The van der Waals surface area contributed by atoms with Crippen LogP contribution in [0.25, 0.3) is 5.69 Å². The molecule has 2 aliphatic rings. The second kappa shape index (κ2) is 16.7. The third-order valence-corrected chi connectivity index (χ3v) is 8.46. The van der Waals surface area contributed by atoms with Gasteiger partial charge in [0.25, 0.3) is 11.8 Å². The van der Waals surface area contributed by atoms with E-state index in [1.54, 1.807) is 42.1 Å². The van der Waals surface area contributed by atoms with Crippen LogP contribution in [0.3, 0.4) is 0 Å². The lowest BCUT2D eigenvalue weighted by atomic mass is 10.1. The number of benzene rings is 1. The fourth-order valence-electron chi connectivity index (χ4n) is 5.38. The molecule has 16 nitrogen and oxygen atoms in total. The number of thioether (sulfide) groups is 1. The van der Waals surface area contributed by atoms with Crippen LogP contribution in [0.5, 0.6) is 5.88 Å². The zero-order valence-corrected chi connectivity index (χ0v) is 26.8. The van der Waals surface area contributed by atoms with E-state index < -0.39 is 54.9 Å². The van der Waals surface area contributed by atoms with Crippen LogP contribution < -0.4 is 15.4 Å². The van der Waals surface area contributed by atoms with Crippen LogP contribution in [0.1, 0.15) is 36.2 Å². The highest BCUT2D eigenvalue weighted by atomic mass is 32.2. The summed E-state index contributed by atoms with van der Waals surface area (Å²) in [5.41, 5.74) is 0.378. The Hall–Kier alpha value is -4.80. The Labute approximate surface area is 275 Å². The average Bonchev–Trinajstić information content (AvgIpc) is 3.74. The highest BCUT2D eigenvalue weighted by Gasteiger charge is 2.35. The highest BCUT2D eigenvalue weighted by molar-refractivity contribution is 7.98. The van der Waals surface area contributed by atoms with E-state index in [0.29, 0.717) is 31.6 Å². The Bertz CT molecular complexity index is 1450. The van der Waals surface area contributed by atoms with Gasteiger partial charge in [0.15, 0.2) is 12.3 Å². The molecule has 2 aliphatic heterocycles. The van der Waals surface area contributed by atoms with Gasteiger partial charge < -0.3 is 40.3 Å². The van der Waals surface area contributed by atoms with E-state index in [2.05, 4.69) is 15.7 Å². The van der Waals surface area contributed by atoms with Crippen molar-refractivity contribution in [3.05, 3.63) is 42.1 Å². The van der Waals surface area contributed by atoms with Crippen molar-refractivity contribution in [2.45, 2.75) is 37.8 Å². The number of piperazine rings is 1. The first-order valence-electron chi connectivity index (χ1n) is 15.2. The molecule has 1 aromatic carbocycles. The van der Waals surface area contributed by atoms with Gasteiger partial charge in [-0.3, -0.25) is 24.0 Å². The van der Waals surface area contributed by atoms with Gasteiger partial charge in [-0.05, 0) is 37.7 Å². The molecule has 3 heterocycles. The molecule has 0 spiro atoms. The number of nitrogens with one attached hydrogen (secondary N) is 2. The van der Waals surface area contributed by atoms with Crippen LogP contribution in [0.15, 0.2) is 36.4 Å². The quantitative estimate of drug-likeness (QED) is 0.203. The zero-order chi connectivity index (χ0) is 33.9. The number of amides is 5. The maximum Gasteiger partial charge on any atom is 0.407 e. The smallest absolute Gasteiger partial charge is 0.407 e. The second-order valence-corrected chi connectivity index (χ2v) is 12.0. The molecule has 0 radical (unpaired) electrons. The highest BCUT2D eigenvalue weighted by Crippen LogP contribution is 2.22. The first-order chi connectivity index (χ1) is 22.6. The van der Waals surface area contributed by atoms with Crippen LogP contribution in [0, 0.1) is 0 Å². The summed E-state index contributed by atoms with van der Waals surface area (Å²) in [6.45, 7) is 0.847. The van der Waals surface area contributed by atoms with Crippen LogP contribution in [0.4, 0.5) is 4.79 Å². The fraction of sp³-hybridized carbons (Fsp3) is 0.500. The molecule has 4 N–H and O–H groups in total. The van der Waals surface area contributed by atoms with Crippen LogP contribution in [0.2, 0.25) is 0 Å². The molecule has 254 valence electrons. The molecule has 1 aromatic heterocycles. The summed E-state index contributed by atoms with van der Waals surface area (Å²) in [7, 11) is 0. The number of aromatic nitrogens is 2. The molecular formula is C30H39N7O9S. The van der Waals surface area contributed by atoms with Gasteiger partial charge in [-0.1, -0.05) is 18.2 Å². The predicted octanol–water partition coefficient (Wildman–Crippen LogP) is 0.507. The number of aliphatic carboxylic acids is 1. The lowest BCUT2D eigenvalue weighted by molar-refractivity contribution is -0.140. The molecule has 0 saturated carbocycles. The number of carboxylic acid groups (broad SMARTS) is 2. The molecule has 2 aromatic rings. The third kappa shape index (κ3) is 9.37. The second-order valence-electron chi connectivity index (χ2n) is 11.0. The predicted molar refractivity (Wildman–Crippen MR) is 169 cm³/mol. The summed E-state index contributed by atoms with van der Waals surface area (Å²) < 4.78 is 7.20. The number of ether oxygens (including phenoxy) is 1. The molecule has 5 amide bonds. The Morgan fingerprint density at radius 2 is 1.72 bits per heavy atom. The van der Waals surface area contributed by atoms with E-state index in [1.165, 1.54) is 25.4 Å². The van der Waals surface area contributed by atoms with Crippen LogP contribution in [-0.2, 0) is 19.2 Å². The molecule has 17 heteroatoms. The van der Waals surface area contributed by atoms with Crippen molar-refractivity contribution in [2.24, 2.45) is 0 Å². The molecule has 2 atom stereocenters. The lowest BCUT2D eigenvalue weighted by Gasteiger charge is -2.35. The minimum Gasteiger partial charge on any atom is -0.481 e. The van der Waals surface area contributed by atoms with Gasteiger partial charge in [-0.15, -0.1) is 0 Å². The number of para-hydroxylation sites is 1. The Morgan fingerprint density at radius 1 is 1.02 bits per heavy atom. The number of carbonyl (C=O) groups is 6. The Balaban J connectivity index is 1.48. The summed E-state index contributed by atoms with van der Waals surface area (Å²) in [5, 5.41) is 28.3. The standard InChI is InChI=1S/C30H39N7O9S/c1-47-17-11-31-28(42)23-8-5-12-36(23)24(38)19-46-25-18-22(33-37(25)20-6-3-2-4-7-20)27(41)32-21(9-10-26(39)40)29(43)34-13-15-35(16-14-34)30(44)45/h2-4,6-7,18,21,23H,5,8-17,19H2,1H3,(H,31,42)(H,32,41)(H,39,40)(H,44,45)/t21-,23-/m0/s1. The largest absolute Gasteiger partial charge is 0.481 e. The maximum atomic E-state index is 13.4. The van der Waals surface area contributed by atoms with E-state index in [0.717, 1.165) is 5.75 Å². The van der Waals surface area contributed by atoms with Gasteiger partial charge in [-0.25, -0.2) is 9.48 Å². The molecule has 2 fully saturated rings. The van der Waals surface area contributed by atoms with E-state index in [-0.39, 0.29) is 50.1 Å². The van der Waals surface area contributed by atoms with Crippen molar-refractivity contribution in [1.82, 2.24) is 35.1 Å². The number of rotatable bonds is 14. The van der Waals surface area contributed by atoms with Crippen LogP contribution >= 0.6 is 11.8 Å². The number of hydrogen-bond acceptors (Lipinski definition) is 9. The third-order valence-electron chi connectivity index (χ3n) is 7.85. The lowest BCUT2D eigenvalue weighted by Crippen LogP contribution is -2.55. The molecule has 47 heavy (non-hydrogen) atoms. The maximum absolute atomic E-state index is 13.4. The molecule has 4 rings (SSSR count). The molecule has 0 unspecified atom stereocenters. The molecule has 0 aliphatic carbocycles. The monoisotopic (exact) mass is 673 g/mol. The molecule has 0 bridgehead atoms. The minimum absolute atomic E-state index is 0.0630. The summed E-state index contributed by atoms with van der Waals surface area (Å²) in [4.78, 5) is 79.3. The van der Waals surface area contributed by atoms with Gasteiger partial charge in [0, 0.05) is 57.5 Å². The summed E-state index contributed by atoms with van der Waals surface area (Å²) in [5.74, 6) is -2.26. The normalized spacial score (nSPS) is 16.8. The van der Waals surface area contributed by atoms with Gasteiger partial charge in [0.05, 0.1) is 5.69 Å². The summed E-state index contributed by atoms with van der Waals surface area (Å²) >= 11 is 1.60. The number of carbonyl (C=O) groups excluding carboxylic acids is 4. The van der Waals surface area contributed by atoms with Crippen LogP contribution in [-0.4, -0.2) is 140 Å². The van der Waals surface area contributed by atoms with Crippen molar-refractivity contribution in [1.29, 1.82) is 0 Å². The Morgan fingerprint density at radius 3 is 2.38 bits per heavy atom. The van der Waals surface area contributed by atoms with Crippen molar-refractivity contribution >= 4 is 47.5 Å². The van der Waals surface area contributed by atoms with Gasteiger partial charge in [0.1, 0.15) is 12.1 Å². The minimum atomic E-state index is -1.21. The molecule has 2 saturated heterocycles. The summed E-state index contributed by atoms with van der Waals surface area (Å²) in [6, 6.07) is 8.23. The van der Waals surface area contributed by atoms with Crippen molar-refractivity contribution in [2.75, 3.05) is 57.9 Å². The van der Waals surface area contributed by atoms with E-state index in [1.807, 2.05) is 6.26 Å². The van der Waals surface area contributed by atoms with Crippen molar-refractivity contribution in [3.8, 4) is 11.6 Å². The van der Waals surface area contributed by atoms with E-state index in [4.69, 9.17) is 4.74 Å². The van der Waals surface area contributed by atoms with Gasteiger partial charge >= 0.3 is 12.1 Å². The van der Waals surface area contributed by atoms with Gasteiger partial charge in [-0.2, -0.15) is 16.9 Å². The topological polar surface area (TPSA) is 204 Å². The first-order valence-corrected chi connectivity index (χ1v) is 16.6. The summed E-state index contributed by atoms with van der Waals surface area (Å²) in [6.07, 6.45) is 1.46. The van der Waals surface area contributed by atoms with E-state index >= 15 is 0 Å². The van der Waals surface area contributed by atoms with Crippen molar-refractivity contribution < 1.29 is 43.7 Å². The van der Waals surface area contributed by atoms with E-state index in [9.17, 15) is 39.0 Å². The first kappa shape index (κ1) is 35.1. The zero-order valence-electron chi connectivity index (χ0n) is 26.0. The van der Waals surface area contributed by atoms with Gasteiger partial charge in [0.2, 0.25) is 17.7 Å². The van der Waals surface area contributed by atoms with Crippen molar-refractivity contribution in [3.63, 3.8) is 0 Å². The number of likely N-dealkylation sites (tertiary alicyclic amines) is 1. The average molecular weight is 674 g/mol. The Kier molecular flexibility index (Phi) is 12.4. The molecular weight excluding hydrogens is 634 g/mol. The number of carboxylic acids is 1. The fourth-order valence-corrected chi connectivity index (χ4v) is 5.68. The number of nitrogens with zero attached hydrogens (tertiary/aromatic N) is 5. The number of hydrogen-bond donors (Lipinski definition) is 4. The SMILES string of the molecule is CSCCNC(=O)[C@@H]1CCCN1C(=O)COc1cc(C(=O)N[C@@H](CCC(=O)O)C(=O)N2CCN(C(=O)O)CC2)nn1-c1ccccc1.